The number of amides is 1. The first-order chi connectivity index (χ1) is 8.51. The topological polar surface area (TPSA) is 87.8 Å². The summed E-state index contributed by atoms with van der Waals surface area (Å²) >= 11 is 0. The Morgan fingerprint density at radius 2 is 2.33 bits per heavy atom. The third-order valence-corrected chi connectivity index (χ3v) is 3.40. The van der Waals surface area contributed by atoms with Crippen molar-refractivity contribution in [2.24, 2.45) is 5.73 Å². The Bertz CT molecular complexity index is 275. The van der Waals surface area contributed by atoms with Gasteiger partial charge >= 0.3 is 0 Å². The van der Waals surface area contributed by atoms with Crippen LogP contribution in [-0.4, -0.2) is 60.5 Å². The van der Waals surface area contributed by atoms with Crippen molar-refractivity contribution >= 4 is 5.91 Å². The van der Waals surface area contributed by atoms with Crippen molar-refractivity contribution in [3.8, 4) is 0 Å². The normalized spacial score (nSPS) is 30.4. The molecule has 1 amide bonds. The highest BCUT2D eigenvalue weighted by atomic mass is 16.5. The lowest BCUT2D eigenvalue weighted by atomic mass is 10.2. The predicted molar refractivity (Wildman–Crippen MR) is 68.9 cm³/mol. The van der Waals surface area contributed by atoms with Crippen LogP contribution in [0.3, 0.4) is 0 Å². The molecule has 0 aromatic rings. The number of carbonyl (C=O) groups excluding carboxylic acids is 1. The number of nitrogens with zero attached hydrogens (tertiary/aromatic N) is 1. The van der Waals surface area contributed by atoms with Crippen LogP contribution in [-0.2, 0) is 9.53 Å². The number of methoxy groups -OCH3 is 1. The molecule has 4 atom stereocenters. The van der Waals surface area contributed by atoms with E-state index in [1.54, 1.807) is 7.11 Å². The van der Waals surface area contributed by atoms with Gasteiger partial charge in [0.05, 0.1) is 12.6 Å². The maximum Gasteiger partial charge on any atom is 0.221 e. The van der Waals surface area contributed by atoms with Crippen LogP contribution in [0.2, 0.25) is 0 Å². The highest BCUT2D eigenvalue weighted by molar-refractivity contribution is 5.76. The number of rotatable bonds is 6. The molecule has 18 heavy (non-hydrogen) atoms. The Hall–Kier alpha value is -0.690. The lowest BCUT2D eigenvalue weighted by molar-refractivity contribution is -0.123. The van der Waals surface area contributed by atoms with Gasteiger partial charge in [0.2, 0.25) is 5.91 Å². The summed E-state index contributed by atoms with van der Waals surface area (Å²) in [5.74, 6) is -0.102. The van der Waals surface area contributed by atoms with E-state index in [1.807, 2.05) is 18.7 Å². The quantitative estimate of drug-likeness (QED) is 0.585. The molecule has 0 radical (unpaired) electrons. The summed E-state index contributed by atoms with van der Waals surface area (Å²) in [5, 5.41) is 13.1. The van der Waals surface area contributed by atoms with Crippen LogP contribution in [0.5, 0.6) is 0 Å². The predicted octanol–water partition coefficient (Wildman–Crippen LogP) is -0.732. The summed E-state index contributed by atoms with van der Waals surface area (Å²) in [6, 6.07) is 0.114. The molecule has 6 heteroatoms. The molecule has 1 heterocycles. The maximum atomic E-state index is 11.5. The van der Waals surface area contributed by atoms with Gasteiger partial charge in [-0.2, -0.15) is 0 Å². The molecule has 1 rings (SSSR count). The SMILES string of the molecule is COCC(C)N1C(C)CC(NC(=O)CCN)C1O. The van der Waals surface area contributed by atoms with E-state index < -0.39 is 6.23 Å². The highest BCUT2D eigenvalue weighted by Crippen LogP contribution is 2.25. The summed E-state index contributed by atoms with van der Waals surface area (Å²) < 4.78 is 5.11. The lowest BCUT2D eigenvalue weighted by Crippen LogP contribution is -2.49. The summed E-state index contributed by atoms with van der Waals surface area (Å²) in [6.45, 7) is 4.94. The summed E-state index contributed by atoms with van der Waals surface area (Å²) in [5.41, 5.74) is 5.33. The fraction of sp³-hybridized carbons (Fsp3) is 0.917. The molecule has 0 aromatic carbocycles. The minimum atomic E-state index is -0.660. The molecule has 1 aliphatic heterocycles. The van der Waals surface area contributed by atoms with Crippen molar-refractivity contribution in [3.05, 3.63) is 0 Å². The number of aliphatic hydroxyl groups is 1. The highest BCUT2D eigenvalue weighted by Gasteiger charge is 2.40. The Kier molecular flexibility index (Phi) is 6.01. The zero-order chi connectivity index (χ0) is 13.7. The van der Waals surface area contributed by atoms with Crippen molar-refractivity contribution in [2.75, 3.05) is 20.3 Å². The third kappa shape index (κ3) is 3.65. The number of carbonyl (C=O) groups is 1. The number of nitrogens with two attached hydrogens (primary N) is 1. The second kappa shape index (κ2) is 7.04. The molecule has 0 saturated carbocycles. The van der Waals surface area contributed by atoms with Gasteiger partial charge in [0.25, 0.3) is 0 Å². The first-order valence-corrected chi connectivity index (χ1v) is 6.45. The average molecular weight is 259 g/mol. The van der Waals surface area contributed by atoms with Crippen molar-refractivity contribution in [3.63, 3.8) is 0 Å². The number of hydrogen-bond donors (Lipinski definition) is 3. The van der Waals surface area contributed by atoms with Crippen molar-refractivity contribution in [1.82, 2.24) is 10.2 Å². The smallest absolute Gasteiger partial charge is 0.221 e. The van der Waals surface area contributed by atoms with Gasteiger partial charge in [0.1, 0.15) is 6.23 Å². The zero-order valence-corrected chi connectivity index (χ0v) is 11.4. The fourth-order valence-corrected chi connectivity index (χ4v) is 2.65. The second-order valence-corrected chi connectivity index (χ2v) is 4.96. The van der Waals surface area contributed by atoms with E-state index in [0.29, 0.717) is 19.6 Å². The number of likely N-dealkylation sites (tertiary alicyclic amines) is 1. The van der Waals surface area contributed by atoms with Gasteiger partial charge in [-0.3, -0.25) is 9.69 Å². The molecule has 0 bridgehead atoms. The molecule has 1 saturated heterocycles. The minimum absolute atomic E-state index is 0.102. The lowest BCUT2D eigenvalue weighted by Gasteiger charge is -2.31. The van der Waals surface area contributed by atoms with Crippen LogP contribution in [0.4, 0.5) is 0 Å². The largest absolute Gasteiger partial charge is 0.383 e. The molecule has 4 N–H and O–H groups in total. The number of nitrogens with one attached hydrogen (secondary N) is 1. The Morgan fingerprint density at radius 3 is 2.89 bits per heavy atom. The Morgan fingerprint density at radius 1 is 1.67 bits per heavy atom. The summed E-state index contributed by atoms with van der Waals surface area (Å²) in [7, 11) is 1.64. The molecule has 6 nitrogen and oxygen atoms in total. The first kappa shape index (κ1) is 15.4. The molecule has 0 aromatic heterocycles. The van der Waals surface area contributed by atoms with Crippen LogP contribution < -0.4 is 11.1 Å². The van der Waals surface area contributed by atoms with Crippen LogP contribution in [0, 0.1) is 0 Å². The van der Waals surface area contributed by atoms with Crippen LogP contribution >= 0.6 is 0 Å². The molecule has 106 valence electrons. The van der Waals surface area contributed by atoms with Crippen molar-refractivity contribution in [1.29, 1.82) is 0 Å². The number of ether oxygens (including phenoxy) is 1. The standard InChI is InChI=1S/C12H25N3O3/c1-8-6-10(14-11(16)4-5-13)12(17)15(8)9(2)7-18-3/h8-10,12,17H,4-7,13H2,1-3H3,(H,14,16). The Labute approximate surface area is 108 Å². The van der Waals surface area contributed by atoms with Gasteiger partial charge in [0.15, 0.2) is 0 Å². The van der Waals surface area contributed by atoms with Crippen molar-refractivity contribution in [2.45, 2.75) is 51.0 Å². The van der Waals surface area contributed by atoms with E-state index in [1.165, 1.54) is 0 Å². The molecule has 4 unspecified atom stereocenters. The third-order valence-electron chi connectivity index (χ3n) is 3.40. The van der Waals surface area contributed by atoms with Gasteiger partial charge in [0, 0.05) is 32.2 Å². The van der Waals surface area contributed by atoms with Crippen LogP contribution in [0.15, 0.2) is 0 Å². The van der Waals surface area contributed by atoms with Crippen LogP contribution in [0.25, 0.3) is 0 Å². The Balaban J connectivity index is 2.57. The van der Waals surface area contributed by atoms with Crippen LogP contribution in [0.1, 0.15) is 26.7 Å². The molecule has 0 aliphatic carbocycles. The average Bonchev–Trinajstić information content (AvgIpc) is 2.54. The van der Waals surface area contributed by atoms with E-state index in [2.05, 4.69) is 5.32 Å². The first-order valence-electron chi connectivity index (χ1n) is 6.45. The monoisotopic (exact) mass is 259 g/mol. The van der Waals surface area contributed by atoms with Gasteiger partial charge < -0.3 is 20.9 Å². The molecule has 1 fully saturated rings. The fourth-order valence-electron chi connectivity index (χ4n) is 2.65. The van der Waals surface area contributed by atoms with Gasteiger partial charge in [-0.25, -0.2) is 0 Å². The van der Waals surface area contributed by atoms with E-state index in [0.717, 1.165) is 6.42 Å². The summed E-state index contributed by atoms with van der Waals surface area (Å²) in [6.07, 6.45) is 0.378. The number of hydrogen-bond acceptors (Lipinski definition) is 5. The van der Waals surface area contributed by atoms with Gasteiger partial charge in [-0.15, -0.1) is 0 Å². The van der Waals surface area contributed by atoms with E-state index >= 15 is 0 Å². The second-order valence-electron chi connectivity index (χ2n) is 4.96. The molecule has 0 spiro atoms. The molecular weight excluding hydrogens is 234 g/mol. The maximum absolute atomic E-state index is 11.5. The summed E-state index contributed by atoms with van der Waals surface area (Å²) in [4.78, 5) is 13.5. The van der Waals surface area contributed by atoms with Gasteiger partial charge in [-0.1, -0.05) is 0 Å². The van der Waals surface area contributed by atoms with E-state index in [-0.39, 0.29) is 24.0 Å². The molecule has 1 aliphatic rings. The van der Waals surface area contributed by atoms with Gasteiger partial charge in [-0.05, 0) is 20.3 Å². The van der Waals surface area contributed by atoms with Crippen molar-refractivity contribution < 1.29 is 14.6 Å². The van der Waals surface area contributed by atoms with E-state index in [9.17, 15) is 9.90 Å². The van der Waals surface area contributed by atoms with E-state index in [4.69, 9.17) is 10.5 Å². The zero-order valence-electron chi connectivity index (χ0n) is 11.4. The number of aliphatic hydroxyl groups excluding tert-OH is 1. The minimum Gasteiger partial charge on any atom is -0.383 e. The molecular formula is C12H25N3O3.